The van der Waals surface area contributed by atoms with Gasteiger partial charge in [0.1, 0.15) is 0 Å². The van der Waals surface area contributed by atoms with E-state index in [1.807, 2.05) is 6.92 Å². The van der Waals surface area contributed by atoms with E-state index >= 15 is 0 Å². The van der Waals surface area contributed by atoms with Crippen molar-refractivity contribution in [2.75, 3.05) is 33.2 Å². The van der Waals surface area contributed by atoms with E-state index in [4.69, 9.17) is 18.6 Å². The first-order valence-corrected chi connectivity index (χ1v) is 13.3. The number of carbonyl (C=O) groups excluding carboxylic acids is 1. The highest BCUT2D eigenvalue weighted by atomic mass is 32.2. The van der Waals surface area contributed by atoms with Crippen LogP contribution in [-0.4, -0.2) is 62.7 Å². The number of benzene rings is 2. The summed E-state index contributed by atoms with van der Waals surface area (Å²) in [7, 11) is 0.844. The minimum absolute atomic E-state index is 0.000847. The summed E-state index contributed by atoms with van der Waals surface area (Å²) in [6, 6.07) is 8.98. The fourth-order valence-corrected chi connectivity index (χ4v) is 6.14. The lowest BCUT2D eigenvalue weighted by atomic mass is 10.0. The quantitative estimate of drug-likeness (QED) is 0.436. The maximum atomic E-state index is 13.2. The minimum Gasteiger partial charge on any atom is -0.493 e. The number of nitrogens with one attached hydrogen (secondary N) is 1. The average Bonchev–Trinajstić information content (AvgIpc) is 3.40. The molecule has 0 saturated carbocycles. The molecule has 1 amide bonds. The molecular formula is C25H30N4O7S. The van der Waals surface area contributed by atoms with Crippen LogP contribution in [-0.2, 0) is 10.0 Å². The van der Waals surface area contributed by atoms with Crippen molar-refractivity contribution >= 4 is 21.9 Å². The Labute approximate surface area is 215 Å². The normalized spacial score (nSPS) is 16.3. The number of aromatic nitrogens is 2. The smallest absolute Gasteiger partial charge is 0.322 e. The van der Waals surface area contributed by atoms with Gasteiger partial charge in [0.05, 0.1) is 26.2 Å². The predicted molar refractivity (Wildman–Crippen MR) is 136 cm³/mol. The molecule has 2 aromatic carbocycles. The van der Waals surface area contributed by atoms with E-state index in [0.717, 1.165) is 25.7 Å². The van der Waals surface area contributed by atoms with E-state index < -0.39 is 15.9 Å². The first-order chi connectivity index (χ1) is 17.8. The molecule has 1 atom stereocenters. The summed E-state index contributed by atoms with van der Waals surface area (Å²) < 4.78 is 49.5. The molecule has 0 unspecified atom stereocenters. The monoisotopic (exact) mass is 530 g/mol. The van der Waals surface area contributed by atoms with Crippen LogP contribution >= 0.6 is 0 Å². The van der Waals surface area contributed by atoms with Gasteiger partial charge in [-0.15, -0.1) is 5.10 Å². The molecule has 1 saturated heterocycles. The summed E-state index contributed by atoms with van der Waals surface area (Å²) in [5.74, 6) is 0.838. The average molecular weight is 531 g/mol. The summed E-state index contributed by atoms with van der Waals surface area (Å²) in [5, 5.41) is 10.4. The third-order valence-corrected chi connectivity index (χ3v) is 8.29. The van der Waals surface area contributed by atoms with Gasteiger partial charge >= 0.3 is 6.01 Å². The molecule has 1 aliphatic heterocycles. The van der Waals surface area contributed by atoms with Gasteiger partial charge in [-0.2, -0.15) is 4.31 Å². The summed E-state index contributed by atoms with van der Waals surface area (Å²) >= 11 is 0. The molecular weight excluding hydrogens is 500 g/mol. The molecule has 1 fully saturated rings. The van der Waals surface area contributed by atoms with Crippen molar-refractivity contribution in [2.24, 2.45) is 0 Å². The third-order valence-electron chi connectivity index (χ3n) is 6.32. The highest BCUT2D eigenvalue weighted by Gasteiger charge is 2.32. The summed E-state index contributed by atoms with van der Waals surface area (Å²) in [6.07, 6.45) is 3.50. The van der Waals surface area contributed by atoms with Crippen LogP contribution in [0.5, 0.6) is 17.2 Å². The lowest BCUT2D eigenvalue weighted by Crippen LogP contribution is -2.43. The predicted octanol–water partition coefficient (Wildman–Crippen LogP) is 3.97. The summed E-state index contributed by atoms with van der Waals surface area (Å²) in [5.41, 5.74) is 0.748. The molecule has 4 rings (SSSR count). The summed E-state index contributed by atoms with van der Waals surface area (Å²) in [4.78, 5) is 12.9. The Balaban J connectivity index is 1.49. The number of sulfonamides is 1. The number of hydrogen-bond acceptors (Lipinski definition) is 9. The second kappa shape index (κ2) is 11.2. The van der Waals surface area contributed by atoms with Gasteiger partial charge in [0.15, 0.2) is 11.5 Å². The van der Waals surface area contributed by atoms with E-state index in [-0.39, 0.29) is 28.4 Å². The molecule has 37 heavy (non-hydrogen) atoms. The Kier molecular flexibility index (Phi) is 7.98. The second-order valence-corrected chi connectivity index (χ2v) is 10.4. The van der Waals surface area contributed by atoms with E-state index in [9.17, 15) is 13.2 Å². The fourth-order valence-electron chi connectivity index (χ4n) is 4.38. The molecule has 0 spiro atoms. The molecule has 0 aliphatic carbocycles. The SMILES string of the molecule is CC[C@H]1CCCCN1S(=O)(=O)c1ccc(C(=O)Nc2nnc(-c3cc(OC)c(OC)c(OC)c3)o2)cc1. The first-order valence-electron chi connectivity index (χ1n) is 11.9. The van der Waals surface area contributed by atoms with Crippen LogP contribution in [0.3, 0.4) is 0 Å². The Morgan fingerprint density at radius 2 is 1.73 bits per heavy atom. The van der Waals surface area contributed by atoms with Gasteiger partial charge < -0.3 is 18.6 Å². The molecule has 1 aliphatic rings. The standard InChI is InChI=1S/C25H30N4O7S/c1-5-18-8-6-7-13-29(18)37(31,32)19-11-9-16(10-12-19)23(30)26-25-28-27-24(36-25)17-14-20(33-2)22(35-4)21(15-17)34-3/h9-12,14-15,18H,5-8,13H2,1-4H3,(H,26,28,30)/t18-/m0/s1. The van der Waals surface area contributed by atoms with E-state index in [1.54, 1.807) is 16.4 Å². The maximum Gasteiger partial charge on any atom is 0.322 e. The Morgan fingerprint density at radius 3 is 2.32 bits per heavy atom. The summed E-state index contributed by atoms with van der Waals surface area (Å²) in [6.45, 7) is 2.50. The number of nitrogens with zero attached hydrogens (tertiary/aromatic N) is 3. The van der Waals surface area contributed by atoms with Gasteiger partial charge in [0.25, 0.3) is 5.91 Å². The Bertz CT molecular complexity index is 1330. The zero-order valence-corrected chi connectivity index (χ0v) is 22.0. The molecule has 2 heterocycles. The third kappa shape index (κ3) is 5.39. The van der Waals surface area contributed by atoms with Crippen molar-refractivity contribution in [3.63, 3.8) is 0 Å². The van der Waals surface area contributed by atoms with Gasteiger partial charge in [-0.3, -0.25) is 10.1 Å². The van der Waals surface area contributed by atoms with Crippen LogP contribution in [0.2, 0.25) is 0 Å². The molecule has 1 N–H and O–H groups in total. The van der Waals surface area contributed by atoms with Crippen LogP contribution in [0.25, 0.3) is 11.5 Å². The highest BCUT2D eigenvalue weighted by Crippen LogP contribution is 2.41. The van der Waals surface area contributed by atoms with Crippen LogP contribution < -0.4 is 19.5 Å². The molecule has 1 aromatic heterocycles. The van der Waals surface area contributed by atoms with Crippen LogP contribution in [0.15, 0.2) is 45.7 Å². The van der Waals surface area contributed by atoms with Crippen molar-refractivity contribution < 1.29 is 31.8 Å². The number of piperidine rings is 1. The Morgan fingerprint density at radius 1 is 1.05 bits per heavy atom. The van der Waals surface area contributed by atoms with Gasteiger partial charge in [0, 0.05) is 23.7 Å². The van der Waals surface area contributed by atoms with Gasteiger partial charge in [0.2, 0.25) is 21.7 Å². The number of ether oxygens (including phenoxy) is 3. The zero-order chi connectivity index (χ0) is 26.6. The van der Waals surface area contributed by atoms with Gasteiger partial charge in [-0.05, 0) is 55.7 Å². The molecule has 11 nitrogen and oxygen atoms in total. The lowest BCUT2D eigenvalue weighted by molar-refractivity contribution is 0.102. The van der Waals surface area contributed by atoms with Crippen molar-refractivity contribution in [1.29, 1.82) is 0 Å². The topological polar surface area (TPSA) is 133 Å². The maximum absolute atomic E-state index is 13.2. The lowest BCUT2D eigenvalue weighted by Gasteiger charge is -2.34. The van der Waals surface area contributed by atoms with E-state index in [2.05, 4.69) is 15.5 Å². The first kappa shape index (κ1) is 26.4. The van der Waals surface area contributed by atoms with Gasteiger partial charge in [-0.1, -0.05) is 18.4 Å². The number of anilines is 1. The molecule has 0 radical (unpaired) electrons. The van der Waals surface area contributed by atoms with Crippen LogP contribution in [0.1, 0.15) is 43.0 Å². The van der Waals surface area contributed by atoms with E-state index in [1.165, 1.54) is 45.6 Å². The molecule has 198 valence electrons. The number of rotatable bonds is 9. The molecule has 3 aromatic rings. The second-order valence-electron chi connectivity index (χ2n) is 8.48. The zero-order valence-electron chi connectivity index (χ0n) is 21.2. The van der Waals surface area contributed by atoms with Crippen molar-refractivity contribution in [2.45, 2.75) is 43.5 Å². The number of methoxy groups -OCH3 is 3. The molecule has 12 heteroatoms. The Hall–Kier alpha value is -3.64. The minimum atomic E-state index is -3.64. The van der Waals surface area contributed by atoms with Gasteiger partial charge in [-0.25, -0.2) is 8.42 Å². The van der Waals surface area contributed by atoms with Crippen LogP contribution in [0.4, 0.5) is 6.01 Å². The number of carbonyl (C=O) groups is 1. The molecule has 0 bridgehead atoms. The fraction of sp³-hybridized carbons (Fsp3) is 0.400. The number of hydrogen-bond donors (Lipinski definition) is 1. The van der Waals surface area contributed by atoms with Crippen molar-refractivity contribution in [3.8, 4) is 28.7 Å². The highest BCUT2D eigenvalue weighted by molar-refractivity contribution is 7.89. The van der Waals surface area contributed by atoms with E-state index in [0.29, 0.717) is 29.4 Å². The van der Waals surface area contributed by atoms with Crippen LogP contribution in [0, 0.1) is 0 Å². The van der Waals surface area contributed by atoms with Crippen molar-refractivity contribution in [1.82, 2.24) is 14.5 Å². The number of amides is 1. The largest absolute Gasteiger partial charge is 0.493 e. The van der Waals surface area contributed by atoms with Crippen molar-refractivity contribution in [3.05, 3.63) is 42.0 Å².